The molecular formula is C21H19F4N3O2S. The maximum Gasteiger partial charge on any atom is 0.424 e. The first-order valence-electron chi connectivity index (χ1n) is 9.54. The highest BCUT2D eigenvalue weighted by Gasteiger charge is 2.58. The average Bonchev–Trinajstić information content (AvgIpc) is 3.33. The van der Waals surface area contributed by atoms with E-state index in [1.807, 2.05) is 0 Å². The normalized spacial score (nSPS) is 17.0. The van der Waals surface area contributed by atoms with Gasteiger partial charge in [-0.3, -0.25) is 4.79 Å². The van der Waals surface area contributed by atoms with Crippen LogP contribution in [0, 0.1) is 12.7 Å². The second kappa shape index (κ2) is 7.76. The zero-order valence-electron chi connectivity index (χ0n) is 16.5. The monoisotopic (exact) mass is 453 g/mol. The fourth-order valence-electron chi connectivity index (χ4n) is 3.68. The maximum atomic E-state index is 13.7. The van der Waals surface area contributed by atoms with Crippen molar-refractivity contribution >= 4 is 33.7 Å². The van der Waals surface area contributed by atoms with Crippen LogP contribution in [0.1, 0.15) is 29.1 Å². The third-order valence-electron chi connectivity index (χ3n) is 5.40. The van der Waals surface area contributed by atoms with E-state index in [1.54, 1.807) is 18.3 Å². The molecule has 4 rings (SSSR count). The number of hydrogen-bond donors (Lipinski definition) is 2. The summed E-state index contributed by atoms with van der Waals surface area (Å²) in [6, 6.07) is 4.40. The molecular weight excluding hydrogens is 434 g/mol. The number of nitrogens with zero attached hydrogens (tertiary/aromatic N) is 2. The smallest absolute Gasteiger partial charge is 0.374 e. The van der Waals surface area contributed by atoms with Crippen LogP contribution in [-0.2, 0) is 10.4 Å². The Labute approximate surface area is 179 Å². The van der Waals surface area contributed by atoms with Crippen molar-refractivity contribution in [2.24, 2.45) is 0 Å². The third-order valence-corrected chi connectivity index (χ3v) is 6.51. The summed E-state index contributed by atoms with van der Waals surface area (Å²) in [7, 11) is 0. The topological polar surface area (TPSA) is 69.2 Å². The van der Waals surface area contributed by atoms with Gasteiger partial charge >= 0.3 is 6.18 Å². The Morgan fingerprint density at radius 3 is 2.74 bits per heavy atom. The van der Waals surface area contributed by atoms with Crippen LogP contribution in [0.25, 0.3) is 16.5 Å². The van der Waals surface area contributed by atoms with Crippen molar-refractivity contribution in [2.75, 3.05) is 13.1 Å². The number of hydrogen-bond acceptors (Lipinski definition) is 4. The van der Waals surface area contributed by atoms with Crippen LogP contribution in [0.15, 0.2) is 35.9 Å². The first-order valence-corrected chi connectivity index (χ1v) is 10.4. The highest BCUT2D eigenvalue weighted by Crippen LogP contribution is 2.43. The lowest BCUT2D eigenvalue weighted by Gasteiger charge is -2.32. The minimum atomic E-state index is -5.04. The van der Waals surface area contributed by atoms with Crippen LogP contribution in [0.3, 0.4) is 0 Å². The molecule has 1 aliphatic heterocycles. The van der Waals surface area contributed by atoms with Gasteiger partial charge in [-0.25, -0.2) is 9.37 Å². The van der Waals surface area contributed by atoms with Crippen molar-refractivity contribution in [3.8, 4) is 0 Å². The summed E-state index contributed by atoms with van der Waals surface area (Å²) in [6.07, 6.45) is -2.22. The summed E-state index contributed by atoms with van der Waals surface area (Å²) in [4.78, 5) is 20.7. The molecule has 10 heteroatoms. The second-order valence-electron chi connectivity index (χ2n) is 7.54. The van der Waals surface area contributed by atoms with Gasteiger partial charge < -0.3 is 15.0 Å². The number of carbonyl (C=O) groups is 1. The van der Waals surface area contributed by atoms with E-state index in [0.29, 0.717) is 29.0 Å². The fraction of sp³-hybridized carbons (Fsp3) is 0.333. The molecule has 1 aliphatic rings. The second-order valence-corrected chi connectivity index (χ2v) is 8.40. The zero-order chi connectivity index (χ0) is 22.4. The molecule has 2 aromatic heterocycles. The third kappa shape index (κ3) is 3.97. The minimum Gasteiger partial charge on any atom is -0.374 e. The highest BCUT2D eigenvalue weighted by molar-refractivity contribution is 7.09. The zero-order valence-corrected chi connectivity index (χ0v) is 17.3. The SMILES string of the molecule is Cc1csc(C(O)(CC(=O)N2CC=C(c3c[nH]c4cc(F)ccc34)CC2)C(F)(F)F)n1. The standard InChI is InChI=1S/C21H19F4N3O2S/c1-12-11-31-19(27-12)20(30,21(23,24)25)9-18(29)28-6-4-13(5-7-28)16-10-26-17-8-14(22)2-3-15(16)17/h2-4,8,10-11,26,30H,5-7,9H2,1H3. The van der Waals surface area contributed by atoms with Crippen molar-refractivity contribution in [1.82, 2.24) is 14.9 Å². The molecule has 0 bridgehead atoms. The van der Waals surface area contributed by atoms with E-state index in [9.17, 15) is 27.5 Å². The molecule has 0 saturated heterocycles. The molecule has 5 nitrogen and oxygen atoms in total. The molecule has 1 aromatic carbocycles. The van der Waals surface area contributed by atoms with E-state index in [-0.39, 0.29) is 18.9 Å². The summed E-state index contributed by atoms with van der Waals surface area (Å²) in [6.45, 7) is 1.85. The van der Waals surface area contributed by atoms with Crippen molar-refractivity contribution in [1.29, 1.82) is 0 Å². The number of alkyl halides is 3. The highest BCUT2D eigenvalue weighted by atomic mass is 32.1. The van der Waals surface area contributed by atoms with Gasteiger partial charge in [0.15, 0.2) is 0 Å². The molecule has 3 heterocycles. The van der Waals surface area contributed by atoms with Gasteiger partial charge in [-0.15, -0.1) is 11.3 Å². The molecule has 31 heavy (non-hydrogen) atoms. The van der Waals surface area contributed by atoms with Gasteiger partial charge in [-0.05, 0) is 37.1 Å². The van der Waals surface area contributed by atoms with Crippen molar-refractivity contribution < 1.29 is 27.5 Å². The molecule has 1 amide bonds. The fourth-order valence-corrected chi connectivity index (χ4v) is 4.59. The molecule has 0 fully saturated rings. The summed E-state index contributed by atoms with van der Waals surface area (Å²) >= 11 is 0.679. The Morgan fingerprint density at radius 2 is 2.13 bits per heavy atom. The van der Waals surface area contributed by atoms with E-state index in [0.717, 1.165) is 16.5 Å². The quantitative estimate of drug-likeness (QED) is 0.571. The van der Waals surface area contributed by atoms with E-state index in [1.165, 1.54) is 29.3 Å². The lowest BCUT2D eigenvalue weighted by atomic mass is 9.96. The Morgan fingerprint density at radius 1 is 1.35 bits per heavy atom. The van der Waals surface area contributed by atoms with Crippen LogP contribution in [0.2, 0.25) is 0 Å². The first kappa shape index (κ1) is 21.5. The van der Waals surface area contributed by atoms with Crippen molar-refractivity contribution in [3.05, 3.63) is 57.9 Å². The Bertz CT molecular complexity index is 1170. The molecule has 0 radical (unpaired) electrons. The summed E-state index contributed by atoms with van der Waals surface area (Å²) in [5.41, 5.74) is -0.549. The molecule has 0 saturated carbocycles. The lowest BCUT2D eigenvalue weighted by Crippen LogP contribution is -2.47. The van der Waals surface area contributed by atoms with E-state index < -0.39 is 29.1 Å². The number of halogens is 4. The largest absolute Gasteiger partial charge is 0.424 e. The Kier molecular flexibility index (Phi) is 5.38. The van der Waals surface area contributed by atoms with E-state index in [2.05, 4.69) is 9.97 Å². The first-order chi connectivity index (χ1) is 14.6. The van der Waals surface area contributed by atoms with Crippen LogP contribution < -0.4 is 0 Å². The van der Waals surface area contributed by atoms with Crippen molar-refractivity contribution in [3.63, 3.8) is 0 Å². The Balaban J connectivity index is 1.52. The van der Waals surface area contributed by atoms with E-state index >= 15 is 0 Å². The van der Waals surface area contributed by atoms with Crippen molar-refractivity contribution in [2.45, 2.75) is 31.5 Å². The molecule has 1 atom stereocenters. The van der Waals surface area contributed by atoms with Gasteiger partial charge in [0.1, 0.15) is 10.8 Å². The van der Waals surface area contributed by atoms with Gasteiger partial charge in [-0.1, -0.05) is 6.08 Å². The molecule has 1 unspecified atom stereocenters. The maximum absolute atomic E-state index is 13.7. The van der Waals surface area contributed by atoms with Crippen LogP contribution in [0.5, 0.6) is 0 Å². The number of rotatable bonds is 4. The number of carbonyl (C=O) groups excluding carboxylic acids is 1. The van der Waals surface area contributed by atoms with Gasteiger partial charge in [-0.2, -0.15) is 13.2 Å². The summed E-state index contributed by atoms with van der Waals surface area (Å²) in [5, 5.41) is 12.1. The molecule has 0 aliphatic carbocycles. The number of aliphatic hydroxyl groups is 1. The number of nitrogens with one attached hydrogen (secondary N) is 1. The molecule has 2 N–H and O–H groups in total. The summed E-state index contributed by atoms with van der Waals surface area (Å²) in [5.74, 6) is -1.16. The Hall–Kier alpha value is -2.72. The van der Waals surface area contributed by atoms with Gasteiger partial charge in [0.05, 0.1) is 6.42 Å². The minimum absolute atomic E-state index is 0.118. The average molecular weight is 453 g/mol. The number of amides is 1. The van der Waals surface area contributed by atoms with Crippen LogP contribution >= 0.6 is 11.3 Å². The number of benzene rings is 1. The summed E-state index contributed by atoms with van der Waals surface area (Å²) < 4.78 is 54.4. The van der Waals surface area contributed by atoms with Gasteiger partial charge in [0, 0.05) is 46.8 Å². The number of thiazole rings is 1. The van der Waals surface area contributed by atoms with Crippen LogP contribution in [-0.4, -0.2) is 45.1 Å². The molecule has 0 spiro atoms. The lowest BCUT2D eigenvalue weighted by molar-refractivity contribution is -0.268. The number of H-pyrrole nitrogens is 1. The number of aryl methyl sites for hydroxylation is 1. The van der Waals surface area contributed by atoms with Gasteiger partial charge in [0.2, 0.25) is 11.5 Å². The van der Waals surface area contributed by atoms with E-state index in [4.69, 9.17) is 0 Å². The van der Waals surface area contributed by atoms with Crippen LogP contribution in [0.4, 0.5) is 17.6 Å². The number of fused-ring (bicyclic) bond motifs is 1. The number of aromatic nitrogens is 2. The number of aromatic amines is 1. The molecule has 164 valence electrons. The predicted octanol–water partition coefficient (Wildman–Crippen LogP) is 4.53. The predicted molar refractivity (Wildman–Crippen MR) is 109 cm³/mol. The molecule has 3 aromatic rings. The van der Waals surface area contributed by atoms with Gasteiger partial charge in [0.25, 0.3) is 0 Å².